The Bertz CT molecular complexity index is 1460. The van der Waals surface area contributed by atoms with Crippen LogP contribution in [0.15, 0.2) is 90.0 Å². The maximum Gasteiger partial charge on any atom is 0.339 e. The van der Waals surface area contributed by atoms with Gasteiger partial charge in [-0.3, -0.25) is 4.79 Å². The van der Waals surface area contributed by atoms with E-state index >= 15 is 0 Å². The Morgan fingerprint density at radius 3 is 2.31 bits per heavy atom. The second kappa shape index (κ2) is 10.2. The molecule has 35 heavy (non-hydrogen) atoms. The molecule has 4 aromatic rings. The Kier molecular flexibility index (Phi) is 7.14. The van der Waals surface area contributed by atoms with E-state index in [4.69, 9.17) is 4.74 Å². The Labute approximate surface area is 204 Å². The molecule has 0 aliphatic rings. The molecule has 7 nitrogen and oxygen atoms in total. The van der Waals surface area contributed by atoms with E-state index in [9.17, 15) is 18.0 Å². The standard InChI is InChI=1S/C27H26N2O5S/c1-3-29(4-2)35(32,33)21-14-10-13-20(17-21)27(31)34-26(19-11-6-5-7-12-19)25(30)23-18-28-24-16-9-8-15-22(23)24/h5-18,26,28H,3-4H2,1-2H3. The maximum absolute atomic E-state index is 13.6. The lowest BCUT2D eigenvalue weighted by Crippen LogP contribution is -2.30. The summed E-state index contributed by atoms with van der Waals surface area (Å²) in [6.45, 7) is 4.12. The van der Waals surface area contributed by atoms with E-state index in [-0.39, 0.29) is 16.2 Å². The zero-order chi connectivity index (χ0) is 25.0. The molecule has 3 aromatic carbocycles. The number of carbonyl (C=O) groups excluding carboxylic acids is 2. The lowest BCUT2D eigenvalue weighted by molar-refractivity contribution is 0.0280. The molecule has 4 rings (SSSR count). The van der Waals surface area contributed by atoms with E-state index in [0.717, 1.165) is 10.9 Å². The van der Waals surface area contributed by atoms with Crippen molar-refractivity contribution in [3.8, 4) is 0 Å². The average Bonchev–Trinajstić information content (AvgIpc) is 3.32. The van der Waals surface area contributed by atoms with Crippen LogP contribution in [-0.2, 0) is 14.8 Å². The molecule has 0 aliphatic heterocycles. The number of ketones is 1. The van der Waals surface area contributed by atoms with Crippen LogP contribution < -0.4 is 0 Å². The highest BCUT2D eigenvalue weighted by Crippen LogP contribution is 2.28. The summed E-state index contributed by atoms with van der Waals surface area (Å²) in [5, 5.41) is 0.724. The van der Waals surface area contributed by atoms with Gasteiger partial charge in [0.15, 0.2) is 6.10 Å². The maximum atomic E-state index is 13.6. The fourth-order valence-corrected chi connectivity index (χ4v) is 5.49. The van der Waals surface area contributed by atoms with Crippen molar-refractivity contribution in [2.45, 2.75) is 24.8 Å². The average molecular weight is 491 g/mol. The van der Waals surface area contributed by atoms with Crippen LogP contribution in [0.4, 0.5) is 0 Å². The number of nitrogens with zero attached hydrogens (tertiary/aromatic N) is 1. The van der Waals surface area contributed by atoms with Crippen LogP contribution in [0.2, 0.25) is 0 Å². The van der Waals surface area contributed by atoms with Crippen molar-refractivity contribution in [1.29, 1.82) is 0 Å². The van der Waals surface area contributed by atoms with E-state index in [2.05, 4.69) is 4.98 Å². The molecule has 0 saturated heterocycles. The minimum absolute atomic E-state index is 0.00475. The molecule has 1 atom stereocenters. The number of sulfonamides is 1. The molecule has 0 fully saturated rings. The van der Waals surface area contributed by atoms with Crippen molar-refractivity contribution >= 4 is 32.7 Å². The zero-order valence-corrected chi connectivity index (χ0v) is 20.3. The van der Waals surface area contributed by atoms with Crippen molar-refractivity contribution in [2.24, 2.45) is 0 Å². The van der Waals surface area contributed by atoms with Crippen molar-refractivity contribution < 1.29 is 22.7 Å². The molecule has 0 amide bonds. The molecule has 8 heteroatoms. The first-order valence-corrected chi connectivity index (χ1v) is 12.8. The van der Waals surface area contributed by atoms with Gasteiger partial charge in [-0.15, -0.1) is 0 Å². The van der Waals surface area contributed by atoms with Crippen LogP contribution in [0.5, 0.6) is 0 Å². The summed E-state index contributed by atoms with van der Waals surface area (Å²) in [4.78, 5) is 29.8. The second-order valence-electron chi connectivity index (χ2n) is 7.93. The molecular formula is C27H26N2O5S. The minimum Gasteiger partial charge on any atom is -0.445 e. The van der Waals surface area contributed by atoms with Gasteiger partial charge in [-0.25, -0.2) is 13.2 Å². The molecule has 0 spiro atoms. The van der Waals surface area contributed by atoms with Crippen molar-refractivity contribution in [3.63, 3.8) is 0 Å². The van der Waals surface area contributed by atoms with Crippen LogP contribution in [-0.4, -0.2) is 42.5 Å². The second-order valence-corrected chi connectivity index (χ2v) is 9.86. The lowest BCUT2D eigenvalue weighted by atomic mass is 9.99. The van der Waals surface area contributed by atoms with Gasteiger partial charge in [-0.1, -0.05) is 68.4 Å². The fourth-order valence-electron chi connectivity index (χ4n) is 3.99. The number of benzene rings is 3. The summed E-state index contributed by atoms with van der Waals surface area (Å²) < 4.78 is 32.9. The lowest BCUT2D eigenvalue weighted by Gasteiger charge is -2.19. The molecule has 180 valence electrons. The van der Waals surface area contributed by atoms with Crippen LogP contribution in [0.3, 0.4) is 0 Å². The summed E-state index contributed by atoms with van der Waals surface area (Å²) in [6, 6.07) is 21.8. The third kappa shape index (κ3) is 4.89. The third-order valence-electron chi connectivity index (χ3n) is 5.83. The fraction of sp³-hybridized carbons (Fsp3) is 0.185. The topological polar surface area (TPSA) is 96.5 Å². The highest BCUT2D eigenvalue weighted by atomic mass is 32.2. The number of rotatable bonds is 9. The number of esters is 1. The summed E-state index contributed by atoms with van der Waals surface area (Å²) in [7, 11) is -3.76. The van der Waals surface area contributed by atoms with E-state index in [1.54, 1.807) is 50.4 Å². The van der Waals surface area contributed by atoms with Crippen molar-refractivity contribution in [2.75, 3.05) is 13.1 Å². The zero-order valence-electron chi connectivity index (χ0n) is 19.5. The number of Topliss-reactive ketones (excluding diaryl/α,β-unsaturated/α-hetero) is 1. The van der Waals surface area contributed by atoms with Crippen LogP contribution in [0, 0.1) is 0 Å². The summed E-state index contributed by atoms with van der Waals surface area (Å²) >= 11 is 0. The number of hydrogen-bond donors (Lipinski definition) is 1. The Morgan fingerprint density at radius 2 is 1.60 bits per heavy atom. The molecule has 0 radical (unpaired) electrons. The molecule has 0 bridgehead atoms. The number of H-pyrrole nitrogens is 1. The Balaban J connectivity index is 1.68. The number of para-hydroxylation sites is 1. The van der Waals surface area contributed by atoms with Crippen molar-refractivity contribution in [1.82, 2.24) is 9.29 Å². The number of nitrogens with one attached hydrogen (secondary N) is 1. The molecule has 0 aliphatic carbocycles. The predicted molar refractivity (Wildman–Crippen MR) is 134 cm³/mol. The van der Waals surface area contributed by atoms with Crippen LogP contribution >= 0.6 is 0 Å². The minimum atomic E-state index is -3.76. The summed E-state index contributed by atoms with van der Waals surface area (Å²) in [5.41, 5.74) is 1.76. The summed E-state index contributed by atoms with van der Waals surface area (Å²) in [6.07, 6.45) is 0.402. The monoisotopic (exact) mass is 490 g/mol. The van der Waals surface area contributed by atoms with Crippen molar-refractivity contribution in [3.05, 3.63) is 102 Å². The number of hydrogen-bond acceptors (Lipinski definition) is 5. The molecular weight excluding hydrogens is 464 g/mol. The van der Waals surface area contributed by atoms with E-state index < -0.39 is 22.1 Å². The summed E-state index contributed by atoms with van der Waals surface area (Å²) in [5.74, 6) is -1.17. The Hall–Kier alpha value is -3.75. The van der Waals surface area contributed by atoms with E-state index in [1.165, 1.54) is 28.6 Å². The highest BCUT2D eigenvalue weighted by molar-refractivity contribution is 7.89. The third-order valence-corrected chi connectivity index (χ3v) is 7.88. The van der Waals surface area contributed by atoms with Gasteiger partial charge in [0.1, 0.15) is 0 Å². The molecule has 1 aromatic heterocycles. The first kappa shape index (κ1) is 24.4. The predicted octanol–water partition coefficient (Wildman–Crippen LogP) is 4.98. The van der Waals surface area contributed by atoms with Crippen LogP contribution in [0.1, 0.15) is 46.2 Å². The SMILES string of the molecule is CCN(CC)S(=O)(=O)c1cccc(C(=O)OC(C(=O)c2c[nH]c3ccccc23)c2ccccc2)c1. The number of carbonyl (C=O) groups is 2. The van der Waals surface area contributed by atoms with Gasteiger partial charge >= 0.3 is 5.97 Å². The molecule has 1 N–H and O–H groups in total. The normalized spacial score (nSPS) is 12.5. The first-order chi connectivity index (χ1) is 16.9. The molecule has 1 unspecified atom stereocenters. The van der Waals surface area contributed by atoms with Gasteiger partial charge in [0.05, 0.1) is 10.5 Å². The number of ether oxygens (including phenoxy) is 1. The number of fused-ring (bicyclic) bond motifs is 1. The van der Waals surface area contributed by atoms with Gasteiger partial charge in [-0.05, 0) is 24.3 Å². The number of aromatic amines is 1. The van der Waals surface area contributed by atoms with Gasteiger partial charge in [0, 0.05) is 41.3 Å². The van der Waals surface area contributed by atoms with E-state index in [0.29, 0.717) is 24.2 Å². The van der Waals surface area contributed by atoms with Gasteiger partial charge in [-0.2, -0.15) is 4.31 Å². The largest absolute Gasteiger partial charge is 0.445 e. The van der Waals surface area contributed by atoms with E-state index in [1.807, 2.05) is 24.3 Å². The van der Waals surface area contributed by atoms with Crippen LogP contribution in [0.25, 0.3) is 10.9 Å². The highest BCUT2D eigenvalue weighted by Gasteiger charge is 2.29. The van der Waals surface area contributed by atoms with Gasteiger partial charge in [0.25, 0.3) is 0 Å². The van der Waals surface area contributed by atoms with Gasteiger partial charge in [0.2, 0.25) is 15.8 Å². The Morgan fingerprint density at radius 1 is 0.914 bits per heavy atom. The molecule has 0 saturated carbocycles. The smallest absolute Gasteiger partial charge is 0.339 e. The molecule has 1 heterocycles. The number of aromatic nitrogens is 1. The van der Waals surface area contributed by atoms with Gasteiger partial charge < -0.3 is 9.72 Å². The first-order valence-electron chi connectivity index (χ1n) is 11.3. The quantitative estimate of drug-likeness (QED) is 0.264.